The van der Waals surface area contributed by atoms with Gasteiger partial charge < -0.3 is 10.4 Å². The number of aromatic nitrogens is 2. The third-order valence-corrected chi connectivity index (χ3v) is 3.89. The van der Waals surface area contributed by atoms with Crippen molar-refractivity contribution in [2.24, 2.45) is 5.41 Å². The zero-order valence-corrected chi connectivity index (χ0v) is 14.5. The molecule has 0 fully saturated rings. The predicted octanol–water partition coefficient (Wildman–Crippen LogP) is 3.10. The highest BCUT2D eigenvalue weighted by molar-refractivity contribution is 5.88. The molecule has 0 aliphatic heterocycles. The Kier molecular flexibility index (Phi) is 5.98. The van der Waals surface area contributed by atoms with Gasteiger partial charge in [0, 0.05) is 24.9 Å². The number of urea groups is 1. The number of hydrogen-bond donors (Lipinski definition) is 3. The second kappa shape index (κ2) is 7.97. The SMILES string of the molecule is Cc1cn(-c2ccccc2)nc1NC(=O)NCCCC(C)(C)CO. The molecule has 2 aromatic rings. The summed E-state index contributed by atoms with van der Waals surface area (Å²) in [4.78, 5) is 12.0. The minimum Gasteiger partial charge on any atom is -0.396 e. The number of benzene rings is 1. The second-order valence-electron chi connectivity index (χ2n) is 6.75. The van der Waals surface area contributed by atoms with E-state index in [-0.39, 0.29) is 18.1 Å². The predicted molar refractivity (Wildman–Crippen MR) is 95.4 cm³/mol. The molecule has 130 valence electrons. The van der Waals surface area contributed by atoms with E-state index in [0.717, 1.165) is 24.1 Å². The lowest BCUT2D eigenvalue weighted by molar-refractivity contribution is 0.148. The van der Waals surface area contributed by atoms with Crippen molar-refractivity contribution >= 4 is 11.8 Å². The van der Waals surface area contributed by atoms with Crippen LogP contribution < -0.4 is 10.6 Å². The average molecular weight is 330 g/mol. The van der Waals surface area contributed by atoms with Crippen molar-refractivity contribution in [3.05, 3.63) is 42.1 Å². The minimum absolute atomic E-state index is 0.108. The maximum absolute atomic E-state index is 12.0. The summed E-state index contributed by atoms with van der Waals surface area (Å²) in [6.07, 6.45) is 3.55. The first kappa shape index (κ1) is 18.0. The number of aliphatic hydroxyl groups excluding tert-OH is 1. The molecule has 1 aromatic carbocycles. The minimum atomic E-state index is -0.266. The summed E-state index contributed by atoms with van der Waals surface area (Å²) >= 11 is 0. The van der Waals surface area contributed by atoms with Gasteiger partial charge in [-0.3, -0.25) is 5.32 Å². The first-order valence-corrected chi connectivity index (χ1v) is 8.19. The number of nitrogens with one attached hydrogen (secondary N) is 2. The third kappa shape index (κ3) is 5.09. The summed E-state index contributed by atoms with van der Waals surface area (Å²) in [6, 6.07) is 9.49. The number of anilines is 1. The van der Waals surface area contributed by atoms with Crippen LogP contribution in [0.15, 0.2) is 36.5 Å². The fraction of sp³-hybridized carbons (Fsp3) is 0.444. The van der Waals surface area contributed by atoms with Crippen LogP contribution in [0.1, 0.15) is 32.3 Å². The molecule has 6 nitrogen and oxygen atoms in total. The van der Waals surface area contributed by atoms with Crippen LogP contribution in [-0.2, 0) is 0 Å². The van der Waals surface area contributed by atoms with Gasteiger partial charge in [0.15, 0.2) is 5.82 Å². The number of amides is 2. The molecule has 0 saturated heterocycles. The van der Waals surface area contributed by atoms with Gasteiger partial charge in [-0.25, -0.2) is 9.48 Å². The van der Waals surface area contributed by atoms with Gasteiger partial charge in [0.1, 0.15) is 0 Å². The van der Waals surface area contributed by atoms with Crippen LogP contribution in [0.3, 0.4) is 0 Å². The maximum Gasteiger partial charge on any atom is 0.320 e. The van der Waals surface area contributed by atoms with Crippen molar-refractivity contribution in [1.29, 1.82) is 0 Å². The Bertz CT molecular complexity index is 665. The van der Waals surface area contributed by atoms with E-state index in [4.69, 9.17) is 0 Å². The quantitative estimate of drug-likeness (QED) is 0.683. The molecule has 24 heavy (non-hydrogen) atoms. The van der Waals surface area contributed by atoms with Gasteiger partial charge in [-0.1, -0.05) is 32.0 Å². The number of carbonyl (C=O) groups is 1. The lowest BCUT2D eigenvalue weighted by Gasteiger charge is -2.21. The normalized spacial score (nSPS) is 11.3. The van der Waals surface area contributed by atoms with E-state index >= 15 is 0 Å². The van der Waals surface area contributed by atoms with Gasteiger partial charge >= 0.3 is 6.03 Å². The molecule has 0 aliphatic rings. The molecule has 2 amide bonds. The zero-order valence-electron chi connectivity index (χ0n) is 14.5. The number of aryl methyl sites for hydroxylation is 1. The number of aliphatic hydroxyl groups is 1. The highest BCUT2D eigenvalue weighted by Crippen LogP contribution is 2.20. The molecular weight excluding hydrogens is 304 g/mol. The topological polar surface area (TPSA) is 79.2 Å². The van der Waals surface area contributed by atoms with E-state index in [1.54, 1.807) is 4.68 Å². The summed E-state index contributed by atoms with van der Waals surface area (Å²) in [5, 5.41) is 19.2. The number of para-hydroxylation sites is 1. The number of hydrogen-bond acceptors (Lipinski definition) is 3. The Hall–Kier alpha value is -2.34. The van der Waals surface area contributed by atoms with Gasteiger partial charge in [0.25, 0.3) is 0 Å². The van der Waals surface area contributed by atoms with E-state index in [0.29, 0.717) is 12.4 Å². The van der Waals surface area contributed by atoms with E-state index in [9.17, 15) is 9.90 Å². The molecule has 1 aromatic heterocycles. The van der Waals surface area contributed by atoms with Crippen LogP contribution in [0.5, 0.6) is 0 Å². The molecule has 0 aliphatic carbocycles. The highest BCUT2D eigenvalue weighted by Gasteiger charge is 2.16. The summed E-state index contributed by atoms with van der Waals surface area (Å²) in [5.41, 5.74) is 1.74. The van der Waals surface area contributed by atoms with Crippen LogP contribution in [0.4, 0.5) is 10.6 Å². The van der Waals surface area contributed by atoms with Crippen molar-refractivity contribution in [2.75, 3.05) is 18.5 Å². The molecule has 3 N–H and O–H groups in total. The van der Waals surface area contributed by atoms with Crippen molar-refractivity contribution < 1.29 is 9.90 Å². The standard InChI is InChI=1S/C18H26N4O2/c1-14-12-22(15-8-5-4-6-9-15)21-16(14)20-17(24)19-11-7-10-18(2,3)13-23/h4-6,8-9,12,23H,7,10-11,13H2,1-3H3,(H2,19,20,21,24). The van der Waals surface area contributed by atoms with Crippen molar-refractivity contribution in [1.82, 2.24) is 15.1 Å². The summed E-state index contributed by atoms with van der Waals surface area (Å²) < 4.78 is 1.74. The summed E-state index contributed by atoms with van der Waals surface area (Å²) in [6.45, 7) is 6.63. The molecule has 0 atom stereocenters. The van der Waals surface area contributed by atoms with Gasteiger partial charge in [-0.05, 0) is 37.3 Å². The summed E-state index contributed by atoms with van der Waals surface area (Å²) in [5.74, 6) is 0.548. The van der Waals surface area contributed by atoms with Gasteiger partial charge in [0.2, 0.25) is 0 Å². The smallest absolute Gasteiger partial charge is 0.320 e. The van der Waals surface area contributed by atoms with Crippen LogP contribution >= 0.6 is 0 Å². The third-order valence-electron chi connectivity index (χ3n) is 3.89. The molecule has 0 radical (unpaired) electrons. The molecule has 0 bridgehead atoms. The fourth-order valence-corrected chi connectivity index (χ4v) is 2.30. The molecular formula is C18H26N4O2. The Morgan fingerprint density at radius 3 is 2.67 bits per heavy atom. The van der Waals surface area contributed by atoms with Gasteiger partial charge in [-0.2, -0.15) is 0 Å². The lowest BCUT2D eigenvalue weighted by Crippen LogP contribution is -2.31. The van der Waals surface area contributed by atoms with E-state index in [1.807, 2.05) is 57.3 Å². The van der Waals surface area contributed by atoms with Gasteiger partial charge in [0.05, 0.1) is 5.69 Å². The zero-order chi connectivity index (χ0) is 17.6. The van der Waals surface area contributed by atoms with E-state index in [2.05, 4.69) is 15.7 Å². The molecule has 0 saturated carbocycles. The summed E-state index contributed by atoms with van der Waals surface area (Å²) in [7, 11) is 0. The maximum atomic E-state index is 12.0. The molecule has 0 unspecified atom stereocenters. The number of carbonyl (C=O) groups excluding carboxylic acids is 1. The Morgan fingerprint density at radius 1 is 1.29 bits per heavy atom. The highest BCUT2D eigenvalue weighted by atomic mass is 16.3. The van der Waals surface area contributed by atoms with E-state index in [1.165, 1.54) is 0 Å². The molecule has 6 heteroatoms. The fourth-order valence-electron chi connectivity index (χ4n) is 2.30. The Morgan fingerprint density at radius 2 is 2.00 bits per heavy atom. The molecule has 0 spiro atoms. The van der Waals surface area contributed by atoms with Crippen LogP contribution in [0.2, 0.25) is 0 Å². The number of rotatable bonds is 7. The van der Waals surface area contributed by atoms with Crippen molar-refractivity contribution in [3.8, 4) is 5.69 Å². The van der Waals surface area contributed by atoms with Crippen LogP contribution in [0, 0.1) is 12.3 Å². The molecule has 1 heterocycles. The second-order valence-corrected chi connectivity index (χ2v) is 6.75. The van der Waals surface area contributed by atoms with Gasteiger partial charge in [-0.15, -0.1) is 5.10 Å². The van der Waals surface area contributed by atoms with Crippen molar-refractivity contribution in [3.63, 3.8) is 0 Å². The van der Waals surface area contributed by atoms with E-state index < -0.39 is 0 Å². The van der Waals surface area contributed by atoms with Crippen LogP contribution in [0.25, 0.3) is 5.69 Å². The monoisotopic (exact) mass is 330 g/mol. The first-order chi connectivity index (χ1) is 11.4. The largest absolute Gasteiger partial charge is 0.396 e. The van der Waals surface area contributed by atoms with Crippen molar-refractivity contribution in [2.45, 2.75) is 33.6 Å². The lowest BCUT2D eigenvalue weighted by atomic mass is 9.89. The number of nitrogens with zero attached hydrogens (tertiary/aromatic N) is 2. The molecule has 2 rings (SSSR count). The average Bonchev–Trinajstić information content (AvgIpc) is 2.93. The van der Waals surface area contributed by atoms with Crippen LogP contribution in [-0.4, -0.2) is 34.1 Å². The first-order valence-electron chi connectivity index (χ1n) is 8.19. The Balaban J connectivity index is 1.85. The Labute approximate surface area is 142 Å².